The standard InChI is InChI=1S/C16H24N2O2/c1-4-9-18(10-11-19)12-16(20)17-15-7-5-14(6-8-15)13(2)3/h4-8,13,19H,1,9-12H2,2-3H3,(H,17,20). The third-order valence-corrected chi connectivity index (χ3v) is 3.03. The van der Waals surface area contributed by atoms with Crippen molar-refractivity contribution < 1.29 is 9.90 Å². The topological polar surface area (TPSA) is 52.6 Å². The molecule has 1 aromatic carbocycles. The van der Waals surface area contributed by atoms with Gasteiger partial charge in [-0.2, -0.15) is 0 Å². The molecule has 110 valence electrons. The maximum absolute atomic E-state index is 11.9. The van der Waals surface area contributed by atoms with Gasteiger partial charge in [-0.25, -0.2) is 0 Å². The van der Waals surface area contributed by atoms with Crippen LogP contribution in [0.1, 0.15) is 25.3 Å². The van der Waals surface area contributed by atoms with E-state index < -0.39 is 0 Å². The van der Waals surface area contributed by atoms with Crippen molar-refractivity contribution in [2.24, 2.45) is 0 Å². The first-order valence-electron chi connectivity index (χ1n) is 6.90. The van der Waals surface area contributed by atoms with Crippen molar-refractivity contribution in [2.45, 2.75) is 19.8 Å². The number of carbonyl (C=O) groups is 1. The van der Waals surface area contributed by atoms with E-state index in [1.54, 1.807) is 6.08 Å². The monoisotopic (exact) mass is 276 g/mol. The Morgan fingerprint density at radius 1 is 1.40 bits per heavy atom. The van der Waals surface area contributed by atoms with Gasteiger partial charge in [0, 0.05) is 18.8 Å². The molecule has 0 saturated heterocycles. The fraction of sp³-hybridized carbons (Fsp3) is 0.438. The van der Waals surface area contributed by atoms with Gasteiger partial charge in [-0.05, 0) is 23.6 Å². The number of anilines is 1. The minimum absolute atomic E-state index is 0.0319. The molecule has 1 aromatic rings. The molecule has 0 fully saturated rings. The Morgan fingerprint density at radius 3 is 2.55 bits per heavy atom. The number of nitrogens with one attached hydrogen (secondary N) is 1. The van der Waals surface area contributed by atoms with E-state index in [-0.39, 0.29) is 19.1 Å². The van der Waals surface area contributed by atoms with Crippen molar-refractivity contribution in [1.82, 2.24) is 4.90 Å². The van der Waals surface area contributed by atoms with E-state index in [0.717, 1.165) is 5.69 Å². The average Bonchev–Trinajstić information content (AvgIpc) is 2.39. The summed E-state index contributed by atoms with van der Waals surface area (Å²) in [5.74, 6) is 0.394. The Labute approximate surface area is 121 Å². The summed E-state index contributed by atoms with van der Waals surface area (Å²) in [5.41, 5.74) is 2.04. The number of hydrogen-bond donors (Lipinski definition) is 2. The van der Waals surface area contributed by atoms with Gasteiger partial charge < -0.3 is 10.4 Å². The summed E-state index contributed by atoms with van der Waals surface area (Å²) >= 11 is 0. The van der Waals surface area contributed by atoms with Crippen LogP contribution in [0.3, 0.4) is 0 Å². The Morgan fingerprint density at radius 2 is 2.05 bits per heavy atom. The molecule has 1 rings (SSSR count). The molecule has 0 unspecified atom stereocenters. The van der Waals surface area contributed by atoms with Crippen molar-refractivity contribution >= 4 is 11.6 Å². The molecule has 20 heavy (non-hydrogen) atoms. The Bertz CT molecular complexity index is 427. The lowest BCUT2D eigenvalue weighted by atomic mass is 10.0. The Balaban J connectivity index is 2.54. The number of amides is 1. The Hall–Kier alpha value is -1.65. The lowest BCUT2D eigenvalue weighted by Crippen LogP contribution is -2.35. The first kappa shape index (κ1) is 16.4. The molecule has 0 aromatic heterocycles. The molecule has 2 N–H and O–H groups in total. The highest BCUT2D eigenvalue weighted by molar-refractivity contribution is 5.92. The van der Waals surface area contributed by atoms with Crippen LogP contribution in [0.5, 0.6) is 0 Å². The SMILES string of the molecule is C=CCN(CCO)CC(=O)Nc1ccc(C(C)C)cc1. The van der Waals surface area contributed by atoms with Gasteiger partial charge in [-0.1, -0.05) is 32.1 Å². The van der Waals surface area contributed by atoms with E-state index in [4.69, 9.17) is 5.11 Å². The van der Waals surface area contributed by atoms with Gasteiger partial charge in [-0.15, -0.1) is 6.58 Å². The molecule has 0 bridgehead atoms. The summed E-state index contributed by atoms with van der Waals surface area (Å²) < 4.78 is 0. The summed E-state index contributed by atoms with van der Waals surface area (Å²) in [7, 11) is 0. The fourth-order valence-electron chi connectivity index (χ4n) is 1.91. The molecule has 0 aliphatic rings. The number of aliphatic hydroxyl groups excluding tert-OH is 1. The lowest BCUT2D eigenvalue weighted by molar-refractivity contribution is -0.117. The van der Waals surface area contributed by atoms with E-state index in [1.807, 2.05) is 29.2 Å². The van der Waals surface area contributed by atoms with Crippen LogP contribution >= 0.6 is 0 Å². The second kappa shape index (κ2) is 8.51. The van der Waals surface area contributed by atoms with E-state index in [2.05, 4.69) is 25.7 Å². The quantitative estimate of drug-likeness (QED) is 0.716. The van der Waals surface area contributed by atoms with Crippen LogP contribution in [0, 0.1) is 0 Å². The highest BCUT2D eigenvalue weighted by Gasteiger charge is 2.09. The molecule has 4 heteroatoms. The van der Waals surface area contributed by atoms with E-state index in [0.29, 0.717) is 19.0 Å². The molecular weight excluding hydrogens is 252 g/mol. The molecule has 0 aliphatic carbocycles. The summed E-state index contributed by atoms with van der Waals surface area (Å²) in [6, 6.07) is 7.87. The van der Waals surface area contributed by atoms with Crippen LogP contribution in [0.2, 0.25) is 0 Å². The summed E-state index contributed by atoms with van der Waals surface area (Å²) in [5, 5.41) is 11.8. The van der Waals surface area contributed by atoms with Crippen LogP contribution in [-0.4, -0.2) is 42.2 Å². The maximum Gasteiger partial charge on any atom is 0.238 e. The van der Waals surface area contributed by atoms with Gasteiger partial charge >= 0.3 is 0 Å². The Kier molecular flexibility index (Phi) is 6.98. The first-order valence-corrected chi connectivity index (χ1v) is 6.90. The summed E-state index contributed by atoms with van der Waals surface area (Å²) in [6.45, 7) is 9.24. The predicted molar refractivity (Wildman–Crippen MR) is 82.9 cm³/mol. The maximum atomic E-state index is 11.9. The van der Waals surface area contributed by atoms with Crippen LogP contribution in [0.25, 0.3) is 0 Å². The van der Waals surface area contributed by atoms with E-state index >= 15 is 0 Å². The minimum atomic E-state index is -0.0856. The van der Waals surface area contributed by atoms with E-state index in [1.165, 1.54) is 5.56 Å². The third kappa shape index (κ3) is 5.55. The third-order valence-electron chi connectivity index (χ3n) is 3.03. The molecule has 0 heterocycles. The van der Waals surface area contributed by atoms with Crippen molar-refractivity contribution in [2.75, 3.05) is 31.6 Å². The average molecular weight is 276 g/mol. The molecule has 0 spiro atoms. The largest absolute Gasteiger partial charge is 0.395 e. The van der Waals surface area contributed by atoms with Crippen molar-refractivity contribution in [3.05, 3.63) is 42.5 Å². The van der Waals surface area contributed by atoms with Crippen LogP contribution in [-0.2, 0) is 4.79 Å². The number of aliphatic hydroxyl groups is 1. The van der Waals surface area contributed by atoms with Gasteiger partial charge in [0.2, 0.25) is 5.91 Å². The van der Waals surface area contributed by atoms with Crippen LogP contribution in [0.15, 0.2) is 36.9 Å². The van der Waals surface area contributed by atoms with Gasteiger partial charge in [0.25, 0.3) is 0 Å². The zero-order valence-corrected chi connectivity index (χ0v) is 12.3. The van der Waals surface area contributed by atoms with E-state index in [9.17, 15) is 4.79 Å². The summed E-state index contributed by atoms with van der Waals surface area (Å²) in [6.07, 6.45) is 1.72. The number of nitrogens with zero attached hydrogens (tertiary/aromatic N) is 1. The number of rotatable bonds is 8. The van der Waals surface area contributed by atoms with Crippen LogP contribution < -0.4 is 5.32 Å². The molecule has 0 saturated carbocycles. The van der Waals surface area contributed by atoms with Gasteiger partial charge in [0.15, 0.2) is 0 Å². The minimum Gasteiger partial charge on any atom is -0.395 e. The second-order valence-electron chi connectivity index (χ2n) is 5.07. The van der Waals surface area contributed by atoms with Crippen molar-refractivity contribution in [3.63, 3.8) is 0 Å². The number of carbonyl (C=O) groups excluding carboxylic acids is 1. The first-order chi connectivity index (χ1) is 9.56. The molecule has 0 aliphatic heterocycles. The normalized spacial score (nSPS) is 10.8. The van der Waals surface area contributed by atoms with Gasteiger partial charge in [0.05, 0.1) is 13.2 Å². The zero-order valence-electron chi connectivity index (χ0n) is 12.3. The number of hydrogen-bond acceptors (Lipinski definition) is 3. The molecular formula is C16H24N2O2. The van der Waals surface area contributed by atoms with Crippen molar-refractivity contribution in [1.29, 1.82) is 0 Å². The highest BCUT2D eigenvalue weighted by Crippen LogP contribution is 2.17. The smallest absolute Gasteiger partial charge is 0.238 e. The number of benzene rings is 1. The highest BCUT2D eigenvalue weighted by atomic mass is 16.3. The molecule has 1 amide bonds. The predicted octanol–water partition coefficient (Wildman–Crippen LogP) is 2.23. The summed E-state index contributed by atoms with van der Waals surface area (Å²) in [4.78, 5) is 13.8. The second-order valence-corrected chi connectivity index (χ2v) is 5.07. The molecule has 0 radical (unpaired) electrons. The lowest BCUT2D eigenvalue weighted by Gasteiger charge is -2.18. The fourth-order valence-corrected chi connectivity index (χ4v) is 1.91. The molecule has 0 atom stereocenters. The van der Waals surface area contributed by atoms with Crippen LogP contribution in [0.4, 0.5) is 5.69 Å². The van der Waals surface area contributed by atoms with Gasteiger partial charge in [0.1, 0.15) is 0 Å². The van der Waals surface area contributed by atoms with Gasteiger partial charge in [-0.3, -0.25) is 9.69 Å². The zero-order chi connectivity index (χ0) is 15.0. The molecule has 4 nitrogen and oxygen atoms in total. The van der Waals surface area contributed by atoms with Crippen molar-refractivity contribution in [3.8, 4) is 0 Å².